The fourth-order valence-corrected chi connectivity index (χ4v) is 6.53. The Balaban J connectivity index is 1.21. The Morgan fingerprint density at radius 1 is 0.607 bits per heavy atom. The molecular formula is C38H32N8O8S2. The molecule has 6 N–H and O–H groups in total. The van der Waals surface area contributed by atoms with Crippen LogP contribution in [0, 0.1) is 20.8 Å². The SMILES string of the molecule is Cc1cc(N=Nc2cc(C)c(N=Nc3c(S(=O)(=O)O)cc4cc(NC(=O)c5ccc(N)cc5)ccc4c3O)cc2C)ccc1N=Nc1ccc(S(=O)(=O)O)cc1. The van der Waals surface area contributed by atoms with E-state index in [2.05, 4.69) is 36.0 Å². The van der Waals surface area contributed by atoms with Crippen LogP contribution in [0.4, 0.5) is 45.5 Å². The first kappa shape index (κ1) is 39.0. The van der Waals surface area contributed by atoms with E-state index in [0.717, 1.165) is 11.6 Å². The van der Waals surface area contributed by atoms with Crippen LogP contribution in [-0.2, 0) is 20.2 Å². The number of nitrogens with two attached hydrogens (primary N) is 1. The first-order valence-corrected chi connectivity index (χ1v) is 19.3. The van der Waals surface area contributed by atoms with E-state index >= 15 is 0 Å². The predicted molar refractivity (Wildman–Crippen MR) is 210 cm³/mol. The topological polar surface area (TPSA) is 258 Å². The van der Waals surface area contributed by atoms with Gasteiger partial charge in [-0.2, -0.15) is 42.4 Å². The molecule has 0 aliphatic rings. The highest BCUT2D eigenvalue weighted by Gasteiger charge is 2.23. The summed E-state index contributed by atoms with van der Waals surface area (Å²) in [6, 6.07) is 25.6. The van der Waals surface area contributed by atoms with Crippen LogP contribution in [-0.4, -0.2) is 37.0 Å². The van der Waals surface area contributed by atoms with Crippen LogP contribution in [0.5, 0.6) is 5.75 Å². The van der Waals surface area contributed by atoms with Gasteiger partial charge in [0, 0.05) is 22.3 Å². The van der Waals surface area contributed by atoms with E-state index in [4.69, 9.17) is 10.3 Å². The van der Waals surface area contributed by atoms with Crippen molar-refractivity contribution >= 4 is 82.4 Å². The molecule has 0 spiro atoms. The van der Waals surface area contributed by atoms with Crippen molar-refractivity contribution in [3.63, 3.8) is 0 Å². The van der Waals surface area contributed by atoms with E-state index in [0.29, 0.717) is 56.5 Å². The summed E-state index contributed by atoms with van der Waals surface area (Å²) in [4.78, 5) is 11.8. The number of benzene rings is 6. The van der Waals surface area contributed by atoms with Gasteiger partial charge in [0.25, 0.3) is 26.1 Å². The van der Waals surface area contributed by atoms with E-state index in [1.54, 1.807) is 68.4 Å². The van der Waals surface area contributed by atoms with Gasteiger partial charge in [-0.15, -0.1) is 5.11 Å². The van der Waals surface area contributed by atoms with Gasteiger partial charge in [0.1, 0.15) is 10.6 Å². The summed E-state index contributed by atoms with van der Waals surface area (Å²) < 4.78 is 66.6. The Morgan fingerprint density at radius 2 is 1.18 bits per heavy atom. The molecule has 56 heavy (non-hydrogen) atoms. The number of fused-ring (bicyclic) bond motifs is 1. The van der Waals surface area contributed by atoms with Crippen LogP contribution < -0.4 is 11.1 Å². The Hall–Kier alpha value is -6.73. The van der Waals surface area contributed by atoms with Crippen LogP contribution >= 0.6 is 0 Å². The van der Waals surface area contributed by atoms with E-state index in [1.165, 1.54) is 42.5 Å². The summed E-state index contributed by atoms with van der Waals surface area (Å²) in [5.41, 5.74) is 10.7. The van der Waals surface area contributed by atoms with Crippen molar-refractivity contribution in [3.05, 3.63) is 125 Å². The second kappa shape index (κ2) is 15.6. The molecule has 6 aromatic rings. The number of phenols is 1. The number of aryl methyl sites for hydroxylation is 3. The number of hydrogen-bond acceptors (Lipinski definition) is 13. The minimum Gasteiger partial charge on any atom is -0.505 e. The maximum atomic E-state index is 12.7. The van der Waals surface area contributed by atoms with Crippen molar-refractivity contribution in [2.45, 2.75) is 30.6 Å². The smallest absolute Gasteiger partial charge is 0.296 e. The zero-order valence-electron chi connectivity index (χ0n) is 29.8. The second-order valence-electron chi connectivity index (χ2n) is 12.5. The summed E-state index contributed by atoms with van der Waals surface area (Å²) in [6.45, 7) is 5.31. The minimum absolute atomic E-state index is 0.194. The van der Waals surface area contributed by atoms with Crippen molar-refractivity contribution in [2.75, 3.05) is 11.1 Å². The van der Waals surface area contributed by atoms with Gasteiger partial charge in [0.15, 0.2) is 5.75 Å². The van der Waals surface area contributed by atoms with Crippen molar-refractivity contribution < 1.29 is 35.8 Å². The summed E-state index contributed by atoms with van der Waals surface area (Å²) in [7, 11) is -9.21. The number of azo groups is 3. The largest absolute Gasteiger partial charge is 0.505 e. The van der Waals surface area contributed by atoms with Crippen LogP contribution in [0.3, 0.4) is 0 Å². The molecule has 1 amide bonds. The molecule has 0 heterocycles. The Morgan fingerprint density at radius 3 is 1.79 bits per heavy atom. The highest BCUT2D eigenvalue weighted by Crippen LogP contribution is 2.43. The number of amides is 1. The number of nitrogens with zero attached hydrogens (tertiary/aromatic N) is 6. The molecule has 0 aromatic heterocycles. The molecule has 0 unspecified atom stereocenters. The fourth-order valence-electron chi connectivity index (χ4n) is 5.39. The van der Waals surface area contributed by atoms with Gasteiger partial charge in [0.2, 0.25) is 0 Å². The zero-order chi connectivity index (χ0) is 40.4. The lowest BCUT2D eigenvalue weighted by Crippen LogP contribution is -2.11. The lowest BCUT2D eigenvalue weighted by atomic mass is 10.1. The number of carbonyl (C=O) groups is 1. The third kappa shape index (κ3) is 8.96. The van der Waals surface area contributed by atoms with Gasteiger partial charge in [-0.25, -0.2) is 0 Å². The Kier molecular flexibility index (Phi) is 10.8. The molecule has 0 saturated heterocycles. The highest BCUT2D eigenvalue weighted by molar-refractivity contribution is 7.86. The first-order chi connectivity index (χ1) is 26.5. The lowest BCUT2D eigenvalue weighted by molar-refractivity contribution is 0.102. The van der Waals surface area contributed by atoms with E-state index in [1.807, 2.05) is 6.92 Å². The lowest BCUT2D eigenvalue weighted by Gasteiger charge is -2.11. The van der Waals surface area contributed by atoms with Gasteiger partial charge < -0.3 is 16.2 Å². The van der Waals surface area contributed by atoms with Gasteiger partial charge in [-0.05, 0) is 146 Å². The average molecular weight is 793 g/mol. The maximum absolute atomic E-state index is 12.7. The normalized spacial score (nSPS) is 12.3. The fraction of sp³-hybridized carbons (Fsp3) is 0.0789. The molecule has 0 bridgehead atoms. The van der Waals surface area contributed by atoms with E-state index < -0.39 is 42.5 Å². The van der Waals surface area contributed by atoms with Gasteiger partial charge in [-0.1, -0.05) is 0 Å². The van der Waals surface area contributed by atoms with Crippen LogP contribution in [0.25, 0.3) is 10.8 Å². The molecule has 0 aliphatic carbocycles. The second-order valence-corrected chi connectivity index (χ2v) is 15.3. The van der Waals surface area contributed by atoms with E-state index in [9.17, 15) is 31.3 Å². The Bertz CT molecular complexity index is 2840. The number of aromatic hydroxyl groups is 1. The molecule has 284 valence electrons. The number of nitrogen functional groups attached to an aromatic ring is 1. The number of carbonyl (C=O) groups excluding carboxylic acids is 1. The molecule has 18 heteroatoms. The number of phenolic OH excluding ortho intramolecular Hbond substituents is 1. The quantitative estimate of drug-likeness (QED) is 0.0501. The minimum atomic E-state index is -4.90. The molecule has 6 rings (SSSR count). The van der Waals surface area contributed by atoms with Crippen molar-refractivity contribution in [1.82, 2.24) is 0 Å². The van der Waals surface area contributed by atoms with Crippen LogP contribution in [0.2, 0.25) is 0 Å². The zero-order valence-corrected chi connectivity index (χ0v) is 31.4. The summed E-state index contributed by atoms with van der Waals surface area (Å²) in [5.74, 6) is -0.989. The molecule has 0 saturated carbocycles. The third-order valence-electron chi connectivity index (χ3n) is 8.39. The van der Waals surface area contributed by atoms with Gasteiger partial charge in [0.05, 0.1) is 33.3 Å². The molecule has 0 radical (unpaired) electrons. The first-order valence-electron chi connectivity index (χ1n) is 16.4. The number of rotatable bonds is 10. The molecule has 16 nitrogen and oxygen atoms in total. The van der Waals surface area contributed by atoms with Crippen LogP contribution in [0.15, 0.2) is 144 Å². The highest BCUT2D eigenvalue weighted by atomic mass is 32.2. The van der Waals surface area contributed by atoms with Gasteiger partial charge >= 0.3 is 0 Å². The van der Waals surface area contributed by atoms with Crippen molar-refractivity contribution in [1.29, 1.82) is 0 Å². The number of hydrogen-bond donors (Lipinski definition) is 5. The van der Waals surface area contributed by atoms with Crippen molar-refractivity contribution in [3.8, 4) is 5.75 Å². The average Bonchev–Trinajstić information content (AvgIpc) is 3.14. The predicted octanol–water partition coefficient (Wildman–Crippen LogP) is 10.0. The number of anilines is 2. The monoisotopic (exact) mass is 792 g/mol. The molecule has 6 aromatic carbocycles. The summed E-state index contributed by atoms with van der Waals surface area (Å²) >= 11 is 0. The third-order valence-corrected chi connectivity index (χ3v) is 10.1. The Labute approximate surface area is 320 Å². The van der Waals surface area contributed by atoms with Crippen molar-refractivity contribution in [2.24, 2.45) is 30.7 Å². The van der Waals surface area contributed by atoms with Gasteiger partial charge in [-0.3, -0.25) is 13.9 Å². The molecule has 0 fully saturated rings. The standard InChI is InChI=1S/C38H32N8O8S2/c1-21-16-29(11-15-32(21)43-41-27-8-12-30(13-9-27)55(49,50)51)42-44-33-17-23(3)34(18-22(33)2)45-46-36-35(56(52,53)54)20-25-19-28(10-14-31(25)37(36)47)40-38(48)24-4-6-26(39)7-5-24/h4-20,47H,39H2,1-3H3,(H,40,48)(H,49,50,51)(H,52,53,54). The van der Waals surface area contributed by atoms with Crippen LogP contribution in [0.1, 0.15) is 27.0 Å². The molecule has 0 atom stereocenters. The van der Waals surface area contributed by atoms with E-state index in [-0.39, 0.29) is 15.7 Å². The molecular weight excluding hydrogens is 761 g/mol. The maximum Gasteiger partial charge on any atom is 0.296 e. The number of nitrogens with one attached hydrogen (secondary N) is 1. The molecule has 0 aliphatic heterocycles. The summed E-state index contributed by atoms with van der Waals surface area (Å²) in [5, 5.41) is 39.5. The summed E-state index contributed by atoms with van der Waals surface area (Å²) in [6.07, 6.45) is 0.